The number of nitrogens with one attached hydrogen (secondary N) is 3. The first-order valence-corrected chi connectivity index (χ1v) is 10.9. The van der Waals surface area contributed by atoms with Crippen molar-refractivity contribution in [2.75, 3.05) is 23.8 Å². The van der Waals surface area contributed by atoms with Crippen LogP contribution in [-0.2, 0) is 9.59 Å². The minimum Gasteiger partial charge on any atom is -0.493 e. The molecule has 0 aromatic heterocycles. The van der Waals surface area contributed by atoms with E-state index in [0.29, 0.717) is 23.6 Å². The predicted octanol–water partition coefficient (Wildman–Crippen LogP) is 4.11. The zero-order chi connectivity index (χ0) is 22.9. The van der Waals surface area contributed by atoms with Gasteiger partial charge in [-0.2, -0.15) is 0 Å². The van der Waals surface area contributed by atoms with Crippen LogP contribution < -0.4 is 20.7 Å². The fourth-order valence-electron chi connectivity index (χ4n) is 3.69. The Bertz CT molecular complexity index is 973. The summed E-state index contributed by atoms with van der Waals surface area (Å²) in [5.74, 6) is -1.38. The average molecular weight is 442 g/mol. The number of anilines is 2. The van der Waals surface area contributed by atoms with E-state index in [9.17, 15) is 18.8 Å². The van der Waals surface area contributed by atoms with Crippen molar-refractivity contribution in [1.82, 2.24) is 5.32 Å². The van der Waals surface area contributed by atoms with Gasteiger partial charge in [0.05, 0.1) is 24.4 Å². The number of hydrogen-bond donors (Lipinski definition) is 3. The smallest absolute Gasteiger partial charge is 0.255 e. The Morgan fingerprint density at radius 1 is 1.03 bits per heavy atom. The second-order valence-corrected chi connectivity index (χ2v) is 7.68. The highest BCUT2D eigenvalue weighted by Gasteiger charge is 2.22. The number of amides is 3. The van der Waals surface area contributed by atoms with Crippen LogP contribution in [0.3, 0.4) is 0 Å². The van der Waals surface area contributed by atoms with Gasteiger partial charge in [0.2, 0.25) is 11.8 Å². The molecule has 0 heterocycles. The maximum atomic E-state index is 14.2. The molecule has 0 spiro atoms. The highest BCUT2D eigenvalue weighted by molar-refractivity contribution is 6.01. The summed E-state index contributed by atoms with van der Waals surface area (Å²) in [5, 5.41) is 7.78. The number of halogens is 1. The minimum absolute atomic E-state index is 0.0213. The summed E-state index contributed by atoms with van der Waals surface area (Å²) < 4.78 is 19.6. The van der Waals surface area contributed by atoms with Crippen LogP contribution in [0.15, 0.2) is 42.5 Å². The molecule has 3 N–H and O–H groups in total. The van der Waals surface area contributed by atoms with Crippen molar-refractivity contribution < 1.29 is 23.5 Å². The zero-order valence-corrected chi connectivity index (χ0v) is 18.1. The van der Waals surface area contributed by atoms with E-state index in [-0.39, 0.29) is 24.1 Å². The Balaban J connectivity index is 1.56. The Labute approximate surface area is 186 Å². The lowest BCUT2D eigenvalue weighted by atomic mass is 9.88. The molecule has 0 bridgehead atoms. The number of benzene rings is 2. The first-order chi connectivity index (χ1) is 15.5. The van der Waals surface area contributed by atoms with Crippen LogP contribution in [0.25, 0.3) is 0 Å². The molecule has 0 radical (unpaired) electrons. The molecule has 1 saturated carbocycles. The van der Waals surface area contributed by atoms with Gasteiger partial charge >= 0.3 is 0 Å². The molecule has 8 heteroatoms. The van der Waals surface area contributed by atoms with Crippen LogP contribution in [0.5, 0.6) is 5.75 Å². The predicted molar refractivity (Wildman–Crippen MR) is 120 cm³/mol. The molecule has 2 aromatic carbocycles. The van der Waals surface area contributed by atoms with Crippen molar-refractivity contribution in [2.24, 2.45) is 5.92 Å². The van der Waals surface area contributed by atoms with E-state index >= 15 is 0 Å². The van der Waals surface area contributed by atoms with Crippen molar-refractivity contribution in [2.45, 2.75) is 39.0 Å². The van der Waals surface area contributed by atoms with Crippen LogP contribution >= 0.6 is 0 Å². The summed E-state index contributed by atoms with van der Waals surface area (Å²) >= 11 is 0. The molecule has 0 atom stereocenters. The average Bonchev–Trinajstić information content (AvgIpc) is 2.81. The van der Waals surface area contributed by atoms with E-state index in [2.05, 4.69) is 16.0 Å². The molecule has 1 aliphatic carbocycles. The van der Waals surface area contributed by atoms with Crippen molar-refractivity contribution in [3.05, 3.63) is 53.8 Å². The number of ether oxygens (including phenoxy) is 1. The second-order valence-electron chi connectivity index (χ2n) is 7.68. The van der Waals surface area contributed by atoms with Gasteiger partial charge in [-0.1, -0.05) is 31.4 Å². The van der Waals surface area contributed by atoms with Crippen LogP contribution in [-0.4, -0.2) is 30.9 Å². The minimum atomic E-state index is -0.576. The fraction of sp³-hybridized carbons (Fsp3) is 0.375. The molecule has 0 saturated heterocycles. The maximum absolute atomic E-state index is 14.2. The molecule has 2 aromatic rings. The second kappa shape index (κ2) is 11.3. The lowest BCUT2D eigenvalue weighted by Crippen LogP contribution is -2.33. The highest BCUT2D eigenvalue weighted by Crippen LogP contribution is 2.26. The SMILES string of the molecule is CCOc1ccccc1C(=O)NCC(=O)Nc1ccc(F)c(NC(=O)C2CCCCC2)c1. The summed E-state index contributed by atoms with van der Waals surface area (Å²) in [6.07, 6.45) is 4.72. The third-order valence-electron chi connectivity index (χ3n) is 5.32. The van der Waals surface area contributed by atoms with Crippen LogP contribution in [0.4, 0.5) is 15.8 Å². The summed E-state index contributed by atoms with van der Waals surface area (Å²) in [4.78, 5) is 37.1. The van der Waals surface area contributed by atoms with Gasteiger partial charge in [0.15, 0.2) is 0 Å². The van der Waals surface area contributed by atoms with E-state index in [4.69, 9.17) is 4.74 Å². The molecule has 1 aliphatic rings. The number of carbonyl (C=O) groups excluding carboxylic acids is 3. The molecule has 170 valence electrons. The first-order valence-electron chi connectivity index (χ1n) is 10.9. The van der Waals surface area contributed by atoms with Crippen molar-refractivity contribution >= 4 is 29.1 Å². The molecule has 1 fully saturated rings. The van der Waals surface area contributed by atoms with Gasteiger partial charge in [-0.3, -0.25) is 14.4 Å². The summed E-state index contributed by atoms with van der Waals surface area (Å²) in [6, 6.07) is 10.7. The third kappa shape index (κ3) is 6.29. The molecular formula is C24H28FN3O4. The van der Waals surface area contributed by atoms with Gasteiger partial charge in [0, 0.05) is 11.6 Å². The van der Waals surface area contributed by atoms with Crippen molar-refractivity contribution in [3.8, 4) is 5.75 Å². The topological polar surface area (TPSA) is 96.5 Å². The largest absolute Gasteiger partial charge is 0.493 e. The maximum Gasteiger partial charge on any atom is 0.255 e. The van der Waals surface area contributed by atoms with E-state index in [1.165, 1.54) is 18.2 Å². The molecule has 32 heavy (non-hydrogen) atoms. The van der Waals surface area contributed by atoms with Crippen LogP contribution in [0.1, 0.15) is 49.4 Å². The first kappa shape index (κ1) is 23.2. The van der Waals surface area contributed by atoms with Gasteiger partial charge in [-0.05, 0) is 50.1 Å². The molecule has 3 amide bonds. The Kier molecular flexibility index (Phi) is 8.19. The van der Waals surface area contributed by atoms with Gasteiger partial charge < -0.3 is 20.7 Å². The number of para-hydroxylation sites is 1. The quantitative estimate of drug-likeness (QED) is 0.574. The normalized spacial score (nSPS) is 13.8. The standard InChI is InChI=1S/C24H28FN3O4/c1-2-32-21-11-7-6-10-18(21)24(31)26-15-22(29)27-17-12-13-19(25)20(14-17)28-23(30)16-8-4-3-5-9-16/h6-7,10-14,16H,2-5,8-9,15H2,1H3,(H,26,31)(H,27,29)(H,28,30). The lowest BCUT2D eigenvalue weighted by Gasteiger charge is -2.21. The summed E-state index contributed by atoms with van der Waals surface area (Å²) in [7, 11) is 0. The lowest BCUT2D eigenvalue weighted by molar-refractivity contribution is -0.120. The van der Waals surface area contributed by atoms with E-state index in [1.54, 1.807) is 24.3 Å². The monoisotopic (exact) mass is 441 g/mol. The number of hydrogen-bond acceptors (Lipinski definition) is 4. The van der Waals surface area contributed by atoms with E-state index in [1.807, 2.05) is 6.92 Å². The van der Waals surface area contributed by atoms with Gasteiger partial charge in [-0.15, -0.1) is 0 Å². The Morgan fingerprint density at radius 2 is 1.78 bits per heavy atom. The molecular weight excluding hydrogens is 413 g/mol. The van der Waals surface area contributed by atoms with E-state index in [0.717, 1.165) is 32.1 Å². The molecule has 0 unspecified atom stereocenters. The zero-order valence-electron chi connectivity index (χ0n) is 18.1. The third-order valence-corrected chi connectivity index (χ3v) is 5.32. The fourth-order valence-corrected chi connectivity index (χ4v) is 3.69. The van der Waals surface area contributed by atoms with E-state index < -0.39 is 17.6 Å². The van der Waals surface area contributed by atoms with Crippen molar-refractivity contribution in [3.63, 3.8) is 0 Å². The summed E-state index contributed by atoms with van der Waals surface area (Å²) in [6.45, 7) is 1.95. The molecule has 7 nitrogen and oxygen atoms in total. The Hall–Kier alpha value is -3.42. The summed E-state index contributed by atoms with van der Waals surface area (Å²) in [5.41, 5.74) is 0.670. The number of rotatable bonds is 8. The van der Waals surface area contributed by atoms with Crippen LogP contribution in [0.2, 0.25) is 0 Å². The highest BCUT2D eigenvalue weighted by atomic mass is 19.1. The molecule has 0 aliphatic heterocycles. The van der Waals surface area contributed by atoms with Crippen LogP contribution in [0, 0.1) is 11.7 Å². The Morgan fingerprint density at radius 3 is 2.53 bits per heavy atom. The van der Waals surface area contributed by atoms with Crippen molar-refractivity contribution in [1.29, 1.82) is 0 Å². The van der Waals surface area contributed by atoms with Gasteiger partial charge in [-0.25, -0.2) is 4.39 Å². The number of carbonyl (C=O) groups is 3. The van der Waals surface area contributed by atoms with Gasteiger partial charge in [0.25, 0.3) is 5.91 Å². The van der Waals surface area contributed by atoms with Gasteiger partial charge in [0.1, 0.15) is 11.6 Å². The molecule has 3 rings (SSSR count).